The Morgan fingerprint density at radius 3 is 2.92 bits per heavy atom. The molecule has 0 saturated heterocycles. The number of aliphatic hydroxyl groups is 1. The summed E-state index contributed by atoms with van der Waals surface area (Å²) in [6, 6.07) is 0. The van der Waals surface area contributed by atoms with E-state index in [1.807, 2.05) is 0 Å². The minimum Gasteiger partial charge on any atom is -0.377 e. The minimum absolute atomic E-state index is 0.166. The van der Waals surface area contributed by atoms with Crippen molar-refractivity contribution in [1.82, 2.24) is 9.55 Å². The first-order valence-corrected chi connectivity index (χ1v) is 3.30. The van der Waals surface area contributed by atoms with Gasteiger partial charge >= 0.3 is 5.69 Å². The molecule has 0 aliphatic rings. The van der Waals surface area contributed by atoms with Crippen molar-refractivity contribution < 1.29 is 5.11 Å². The largest absolute Gasteiger partial charge is 0.377 e. The van der Waals surface area contributed by atoms with Gasteiger partial charge in [-0.1, -0.05) is 0 Å². The molecule has 0 spiro atoms. The van der Waals surface area contributed by atoms with E-state index in [0.717, 1.165) is 0 Å². The molecule has 3 N–H and O–H groups in total. The Hall–Kier alpha value is -1.56. The van der Waals surface area contributed by atoms with Gasteiger partial charge in [0.1, 0.15) is 12.4 Å². The zero-order valence-corrected chi connectivity index (χ0v) is 6.50. The van der Waals surface area contributed by atoms with Crippen LogP contribution in [-0.4, -0.2) is 21.4 Å². The van der Waals surface area contributed by atoms with Gasteiger partial charge in [0.15, 0.2) is 0 Å². The molecule has 0 fully saturated rings. The zero-order chi connectivity index (χ0) is 9.14. The topological polar surface area (TPSA) is 87.1 Å². The van der Waals surface area contributed by atoms with Crippen LogP contribution in [0.3, 0.4) is 0 Å². The number of nitrogens with one attached hydrogen (secondary N) is 2. The Morgan fingerprint density at radius 2 is 2.33 bits per heavy atom. The van der Waals surface area contributed by atoms with Gasteiger partial charge in [-0.05, 0) is 0 Å². The van der Waals surface area contributed by atoms with Crippen LogP contribution in [0.15, 0.2) is 15.8 Å². The summed E-state index contributed by atoms with van der Waals surface area (Å²) in [7, 11) is 1.50. The van der Waals surface area contributed by atoms with Gasteiger partial charge in [-0.3, -0.25) is 9.78 Å². The van der Waals surface area contributed by atoms with Crippen molar-refractivity contribution in [3.05, 3.63) is 27.0 Å². The standard InChI is InChI=1S/C6H9N3O3/c1-9-2-4(7-3-10)5(11)8-6(9)12/h2,7,10H,3H2,1H3,(H,8,11,12). The fraction of sp³-hybridized carbons (Fsp3) is 0.333. The van der Waals surface area contributed by atoms with Gasteiger partial charge in [-0.25, -0.2) is 4.79 Å². The van der Waals surface area contributed by atoms with Gasteiger partial charge in [-0.15, -0.1) is 0 Å². The van der Waals surface area contributed by atoms with Gasteiger partial charge < -0.3 is 15.0 Å². The first-order valence-electron chi connectivity index (χ1n) is 3.30. The Labute approximate surface area is 67.5 Å². The molecule has 0 radical (unpaired) electrons. The number of aromatic amines is 1. The van der Waals surface area contributed by atoms with Crippen molar-refractivity contribution in [3.63, 3.8) is 0 Å². The number of aromatic nitrogens is 2. The van der Waals surface area contributed by atoms with Crippen molar-refractivity contribution in [2.24, 2.45) is 7.05 Å². The summed E-state index contributed by atoms with van der Waals surface area (Å²) in [4.78, 5) is 23.8. The highest BCUT2D eigenvalue weighted by molar-refractivity contribution is 5.36. The van der Waals surface area contributed by atoms with Crippen LogP contribution in [0, 0.1) is 0 Å². The van der Waals surface area contributed by atoms with Crippen molar-refractivity contribution >= 4 is 5.69 Å². The molecule has 0 aliphatic heterocycles. The van der Waals surface area contributed by atoms with E-state index in [9.17, 15) is 9.59 Å². The molecule has 1 aromatic rings. The van der Waals surface area contributed by atoms with Crippen LogP contribution in [0.2, 0.25) is 0 Å². The zero-order valence-electron chi connectivity index (χ0n) is 6.50. The number of nitrogens with zero attached hydrogens (tertiary/aromatic N) is 1. The molecule has 0 saturated carbocycles. The van der Waals surface area contributed by atoms with E-state index >= 15 is 0 Å². The lowest BCUT2D eigenvalue weighted by Crippen LogP contribution is -2.29. The minimum atomic E-state index is -0.535. The van der Waals surface area contributed by atoms with E-state index in [4.69, 9.17) is 5.11 Å². The Morgan fingerprint density at radius 1 is 1.67 bits per heavy atom. The van der Waals surface area contributed by atoms with Crippen LogP contribution in [0.1, 0.15) is 0 Å². The summed E-state index contributed by atoms with van der Waals surface area (Å²) >= 11 is 0. The number of aryl methyl sites for hydroxylation is 1. The summed E-state index contributed by atoms with van der Waals surface area (Å²) in [5, 5.41) is 10.8. The van der Waals surface area contributed by atoms with E-state index in [1.54, 1.807) is 0 Å². The lowest BCUT2D eigenvalue weighted by molar-refractivity contribution is 0.325. The number of rotatable bonds is 2. The average Bonchev–Trinajstić information content (AvgIpc) is 2.01. The second-order valence-electron chi connectivity index (χ2n) is 2.25. The lowest BCUT2D eigenvalue weighted by atomic mass is 10.5. The van der Waals surface area contributed by atoms with E-state index in [2.05, 4.69) is 10.3 Å². The number of H-pyrrole nitrogens is 1. The molecule has 6 heteroatoms. The molecule has 1 rings (SSSR count). The van der Waals surface area contributed by atoms with Crippen molar-refractivity contribution in [2.75, 3.05) is 12.0 Å². The van der Waals surface area contributed by atoms with E-state index in [0.29, 0.717) is 0 Å². The quantitative estimate of drug-likeness (QED) is 0.469. The fourth-order valence-corrected chi connectivity index (χ4v) is 0.775. The van der Waals surface area contributed by atoms with Gasteiger partial charge in [0.2, 0.25) is 0 Å². The number of hydrogen-bond donors (Lipinski definition) is 3. The summed E-state index contributed by atoms with van der Waals surface area (Å²) in [5.74, 6) is 0. The fourth-order valence-electron chi connectivity index (χ4n) is 0.775. The SMILES string of the molecule is Cn1cc(NCO)c(=O)[nH]c1=O. The van der Waals surface area contributed by atoms with Crippen LogP contribution in [0.25, 0.3) is 0 Å². The molecule has 0 atom stereocenters. The molecular weight excluding hydrogens is 162 g/mol. The van der Waals surface area contributed by atoms with Crippen molar-refractivity contribution in [3.8, 4) is 0 Å². The van der Waals surface area contributed by atoms with Crippen LogP contribution in [0.4, 0.5) is 5.69 Å². The smallest absolute Gasteiger partial charge is 0.328 e. The van der Waals surface area contributed by atoms with Crippen molar-refractivity contribution in [2.45, 2.75) is 0 Å². The van der Waals surface area contributed by atoms with Gasteiger partial charge in [0, 0.05) is 13.2 Å². The highest BCUT2D eigenvalue weighted by atomic mass is 16.3. The number of anilines is 1. The summed E-state index contributed by atoms with van der Waals surface area (Å²) < 4.78 is 1.21. The second-order valence-corrected chi connectivity index (χ2v) is 2.25. The molecule has 0 bridgehead atoms. The third kappa shape index (κ3) is 1.54. The van der Waals surface area contributed by atoms with E-state index < -0.39 is 11.2 Å². The summed E-state index contributed by atoms with van der Waals surface area (Å²) in [6.07, 6.45) is 1.32. The molecule has 0 aromatic carbocycles. The maximum Gasteiger partial charge on any atom is 0.328 e. The highest BCUT2D eigenvalue weighted by Crippen LogP contribution is 1.90. The van der Waals surface area contributed by atoms with Gasteiger partial charge in [0.25, 0.3) is 5.56 Å². The van der Waals surface area contributed by atoms with Crippen LogP contribution in [0.5, 0.6) is 0 Å². The number of hydrogen-bond acceptors (Lipinski definition) is 4. The van der Waals surface area contributed by atoms with Crippen LogP contribution >= 0.6 is 0 Å². The molecule has 12 heavy (non-hydrogen) atoms. The molecule has 66 valence electrons. The predicted molar refractivity (Wildman–Crippen MR) is 43.0 cm³/mol. The van der Waals surface area contributed by atoms with E-state index in [-0.39, 0.29) is 12.4 Å². The first-order chi connectivity index (χ1) is 5.65. The molecule has 1 aromatic heterocycles. The molecular formula is C6H9N3O3. The third-order valence-electron chi connectivity index (χ3n) is 1.38. The Balaban J connectivity index is 3.24. The molecule has 6 nitrogen and oxygen atoms in total. The molecule has 0 aliphatic carbocycles. The Kier molecular flexibility index (Phi) is 2.29. The van der Waals surface area contributed by atoms with Crippen LogP contribution < -0.4 is 16.6 Å². The lowest BCUT2D eigenvalue weighted by Gasteiger charge is -2.01. The normalized spacial score (nSPS) is 9.83. The molecule has 1 heterocycles. The third-order valence-corrected chi connectivity index (χ3v) is 1.38. The predicted octanol–water partition coefficient (Wildman–Crippen LogP) is -1.56. The van der Waals surface area contributed by atoms with Gasteiger partial charge in [0.05, 0.1) is 0 Å². The Bertz CT molecular complexity index is 378. The highest BCUT2D eigenvalue weighted by Gasteiger charge is 1.99. The monoisotopic (exact) mass is 171 g/mol. The van der Waals surface area contributed by atoms with Gasteiger partial charge in [-0.2, -0.15) is 0 Å². The average molecular weight is 171 g/mol. The van der Waals surface area contributed by atoms with E-state index in [1.165, 1.54) is 17.8 Å². The summed E-state index contributed by atoms with van der Waals surface area (Å²) in [6.45, 7) is -0.346. The van der Waals surface area contributed by atoms with Crippen molar-refractivity contribution in [1.29, 1.82) is 0 Å². The first kappa shape index (κ1) is 8.54. The van der Waals surface area contributed by atoms with Crippen LogP contribution in [-0.2, 0) is 7.05 Å². The molecule has 0 unspecified atom stereocenters. The maximum absolute atomic E-state index is 10.9. The second kappa shape index (κ2) is 3.22. The number of aliphatic hydroxyl groups excluding tert-OH is 1. The molecule has 0 amide bonds. The summed E-state index contributed by atoms with van der Waals surface area (Å²) in [5.41, 5.74) is -0.852. The maximum atomic E-state index is 10.9.